The number of nitrogens with zero attached hydrogens (tertiary/aromatic N) is 1. The van der Waals surface area contributed by atoms with Crippen molar-refractivity contribution in [1.29, 1.82) is 5.26 Å². The number of fused-ring (bicyclic) bond motifs is 1. The maximum absolute atomic E-state index is 9.36. The van der Waals surface area contributed by atoms with Crippen molar-refractivity contribution in [2.24, 2.45) is 0 Å². The topological polar surface area (TPSA) is 62.5 Å². The normalized spacial score (nSPS) is 13.5. The van der Waals surface area contributed by atoms with Gasteiger partial charge in [-0.25, -0.2) is 0 Å². The fourth-order valence-electron chi connectivity index (χ4n) is 1.21. The van der Waals surface area contributed by atoms with Gasteiger partial charge in [0.05, 0.1) is 5.56 Å². The molecule has 0 spiro atoms. The van der Waals surface area contributed by atoms with E-state index in [1.54, 1.807) is 0 Å². The van der Waals surface area contributed by atoms with Crippen LogP contribution in [-0.4, -0.2) is 18.3 Å². The summed E-state index contributed by atoms with van der Waals surface area (Å²) in [5, 5.41) is 18.1. The van der Waals surface area contributed by atoms with Gasteiger partial charge in [0.2, 0.25) is 5.75 Å². The second kappa shape index (κ2) is 2.87. The average Bonchev–Trinajstić information content (AvgIpc) is 2.19. The molecule has 66 valence electrons. The summed E-state index contributed by atoms with van der Waals surface area (Å²) in [6.07, 6.45) is 0. The van der Waals surface area contributed by atoms with Crippen LogP contribution in [0.15, 0.2) is 12.1 Å². The van der Waals surface area contributed by atoms with E-state index >= 15 is 0 Å². The molecule has 4 heteroatoms. The summed E-state index contributed by atoms with van der Waals surface area (Å²) in [7, 11) is 0. The lowest BCUT2D eigenvalue weighted by Crippen LogP contribution is -2.16. The summed E-state index contributed by atoms with van der Waals surface area (Å²) in [5.74, 6) is 0.618. The first kappa shape index (κ1) is 7.74. The highest BCUT2D eigenvalue weighted by Crippen LogP contribution is 2.40. The maximum Gasteiger partial charge on any atom is 0.204 e. The number of benzene rings is 1. The molecule has 0 atom stereocenters. The summed E-state index contributed by atoms with van der Waals surface area (Å²) >= 11 is 0. The number of phenolic OH excluding ortho intramolecular Hbond substituents is 1. The van der Waals surface area contributed by atoms with Crippen molar-refractivity contribution in [2.75, 3.05) is 13.2 Å². The molecule has 0 radical (unpaired) electrons. The molecule has 0 saturated heterocycles. The van der Waals surface area contributed by atoms with E-state index in [9.17, 15) is 5.11 Å². The van der Waals surface area contributed by atoms with Gasteiger partial charge in [0, 0.05) is 0 Å². The molecule has 0 fully saturated rings. The Morgan fingerprint density at radius 2 is 1.92 bits per heavy atom. The van der Waals surface area contributed by atoms with Gasteiger partial charge in [-0.05, 0) is 12.1 Å². The Bertz CT molecular complexity index is 381. The minimum absolute atomic E-state index is 0.00806. The van der Waals surface area contributed by atoms with Crippen LogP contribution in [0.4, 0.5) is 0 Å². The summed E-state index contributed by atoms with van der Waals surface area (Å²) < 4.78 is 10.4. The Hall–Kier alpha value is -1.89. The van der Waals surface area contributed by atoms with Gasteiger partial charge in [0.15, 0.2) is 11.5 Å². The van der Waals surface area contributed by atoms with E-state index < -0.39 is 0 Å². The quantitative estimate of drug-likeness (QED) is 0.643. The minimum Gasteiger partial charge on any atom is -0.504 e. The first-order valence-corrected chi connectivity index (χ1v) is 3.84. The summed E-state index contributed by atoms with van der Waals surface area (Å²) in [4.78, 5) is 0. The molecule has 1 aromatic carbocycles. The van der Waals surface area contributed by atoms with Gasteiger partial charge in [-0.2, -0.15) is 5.26 Å². The molecule has 1 N–H and O–H groups in total. The van der Waals surface area contributed by atoms with E-state index in [0.29, 0.717) is 24.5 Å². The zero-order chi connectivity index (χ0) is 9.26. The monoisotopic (exact) mass is 177 g/mol. The zero-order valence-corrected chi connectivity index (χ0v) is 6.78. The number of phenols is 1. The minimum atomic E-state index is 0.00806. The van der Waals surface area contributed by atoms with Crippen LogP contribution in [0.2, 0.25) is 0 Å². The van der Waals surface area contributed by atoms with Gasteiger partial charge in [0.25, 0.3) is 0 Å². The second-order valence-electron chi connectivity index (χ2n) is 2.60. The number of aromatic hydroxyl groups is 1. The van der Waals surface area contributed by atoms with Crippen molar-refractivity contribution in [3.63, 3.8) is 0 Å². The highest BCUT2D eigenvalue weighted by Gasteiger charge is 2.19. The second-order valence-corrected chi connectivity index (χ2v) is 2.60. The standard InChI is InChI=1S/C9H7NO3/c10-5-6-1-2-7(11)9-8(6)12-3-4-13-9/h1-2,11H,3-4H2. The third-order valence-electron chi connectivity index (χ3n) is 1.79. The molecule has 1 aromatic rings. The van der Waals surface area contributed by atoms with E-state index in [-0.39, 0.29) is 11.5 Å². The van der Waals surface area contributed by atoms with E-state index in [1.165, 1.54) is 12.1 Å². The SMILES string of the molecule is N#Cc1ccc(O)c2c1OCCO2. The summed E-state index contributed by atoms with van der Waals surface area (Å²) in [5.41, 5.74) is 0.382. The van der Waals surface area contributed by atoms with Gasteiger partial charge >= 0.3 is 0 Å². The Labute approximate surface area is 74.9 Å². The predicted octanol–water partition coefficient (Wildman–Crippen LogP) is 1.04. The molecule has 0 aromatic heterocycles. The van der Waals surface area contributed by atoms with E-state index in [4.69, 9.17) is 14.7 Å². The molecule has 0 saturated carbocycles. The van der Waals surface area contributed by atoms with E-state index in [1.807, 2.05) is 6.07 Å². The molecule has 13 heavy (non-hydrogen) atoms. The predicted molar refractivity (Wildman–Crippen MR) is 43.8 cm³/mol. The number of ether oxygens (including phenoxy) is 2. The molecule has 0 unspecified atom stereocenters. The fraction of sp³-hybridized carbons (Fsp3) is 0.222. The van der Waals surface area contributed by atoms with Crippen molar-refractivity contribution < 1.29 is 14.6 Å². The smallest absolute Gasteiger partial charge is 0.204 e. The van der Waals surface area contributed by atoms with Gasteiger partial charge in [-0.1, -0.05) is 0 Å². The molecule has 4 nitrogen and oxygen atoms in total. The highest BCUT2D eigenvalue weighted by molar-refractivity contribution is 5.59. The molecule has 1 aliphatic rings. The van der Waals surface area contributed by atoms with Crippen LogP contribution >= 0.6 is 0 Å². The van der Waals surface area contributed by atoms with Gasteiger partial charge in [0.1, 0.15) is 19.3 Å². The van der Waals surface area contributed by atoms with Gasteiger partial charge in [-0.15, -0.1) is 0 Å². The first-order valence-electron chi connectivity index (χ1n) is 3.84. The Morgan fingerprint density at radius 3 is 2.62 bits per heavy atom. The molecule has 0 aliphatic carbocycles. The molecule has 1 heterocycles. The maximum atomic E-state index is 9.36. The lowest BCUT2D eigenvalue weighted by atomic mass is 10.2. The third-order valence-corrected chi connectivity index (χ3v) is 1.79. The Kier molecular flexibility index (Phi) is 1.71. The van der Waals surface area contributed by atoms with Crippen molar-refractivity contribution in [1.82, 2.24) is 0 Å². The fourth-order valence-corrected chi connectivity index (χ4v) is 1.21. The molecule has 2 rings (SSSR count). The van der Waals surface area contributed by atoms with Crippen molar-refractivity contribution >= 4 is 0 Å². The van der Waals surface area contributed by atoms with Gasteiger partial charge in [-0.3, -0.25) is 0 Å². The van der Waals surface area contributed by atoms with Crippen molar-refractivity contribution in [3.05, 3.63) is 17.7 Å². The number of hydrogen-bond donors (Lipinski definition) is 1. The van der Waals surface area contributed by atoms with Crippen LogP contribution in [0.1, 0.15) is 5.56 Å². The van der Waals surface area contributed by atoms with Crippen molar-refractivity contribution in [2.45, 2.75) is 0 Å². The van der Waals surface area contributed by atoms with Crippen LogP contribution in [0, 0.1) is 11.3 Å². The number of hydrogen-bond acceptors (Lipinski definition) is 4. The summed E-state index contributed by atoms with van der Waals surface area (Å²) in [6, 6.07) is 4.89. The van der Waals surface area contributed by atoms with E-state index in [0.717, 1.165) is 0 Å². The van der Waals surface area contributed by atoms with Crippen LogP contribution in [0.5, 0.6) is 17.2 Å². The van der Waals surface area contributed by atoms with Crippen LogP contribution < -0.4 is 9.47 Å². The molecular weight excluding hydrogens is 170 g/mol. The van der Waals surface area contributed by atoms with Crippen molar-refractivity contribution in [3.8, 4) is 23.3 Å². The highest BCUT2D eigenvalue weighted by atomic mass is 16.6. The summed E-state index contributed by atoms with van der Waals surface area (Å²) in [6.45, 7) is 0.806. The molecular formula is C9H7NO3. The third kappa shape index (κ3) is 1.14. The van der Waals surface area contributed by atoms with Crippen LogP contribution in [0.25, 0.3) is 0 Å². The lowest BCUT2D eigenvalue weighted by Gasteiger charge is -2.19. The Balaban J connectivity index is 2.61. The number of rotatable bonds is 0. The van der Waals surface area contributed by atoms with Crippen LogP contribution in [-0.2, 0) is 0 Å². The van der Waals surface area contributed by atoms with Crippen LogP contribution in [0.3, 0.4) is 0 Å². The lowest BCUT2D eigenvalue weighted by molar-refractivity contribution is 0.165. The zero-order valence-electron chi connectivity index (χ0n) is 6.78. The first-order chi connectivity index (χ1) is 6.33. The number of nitriles is 1. The molecule has 0 bridgehead atoms. The molecule has 0 amide bonds. The van der Waals surface area contributed by atoms with E-state index in [2.05, 4.69) is 0 Å². The largest absolute Gasteiger partial charge is 0.504 e. The average molecular weight is 177 g/mol. The van der Waals surface area contributed by atoms with Gasteiger partial charge < -0.3 is 14.6 Å². The Morgan fingerprint density at radius 1 is 1.23 bits per heavy atom. The molecule has 1 aliphatic heterocycles.